The fourth-order valence-electron chi connectivity index (χ4n) is 3.22. The predicted octanol–water partition coefficient (Wildman–Crippen LogP) is 3.54. The number of rotatable bonds is 5. The zero-order chi connectivity index (χ0) is 19.4. The summed E-state index contributed by atoms with van der Waals surface area (Å²) in [5.41, 5.74) is 8.66. The smallest absolute Gasteiger partial charge is 0.310 e. The Bertz CT molecular complexity index is 830. The van der Waals surface area contributed by atoms with Crippen molar-refractivity contribution in [1.29, 1.82) is 0 Å². The van der Waals surface area contributed by atoms with Crippen molar-refractivity contribution in [3.8, 4) is 0 Å². The molecule has 3 N–H and O–H groups in total. The number of halogens is 1. The highest BCUT2D eigenvalue weighted by Gasteiger charge is 2.29. The van der Waals surface area contributed by atoms with Crippen LogP contribution in [0.25, 0.3) is 0 Å². The van der Waals surface area contributed by atoms with Crippen molar-refractivity contribution in [1.82, 2.24) is 9.97 Å². The maximum Gasteiger partial charge on any atom is 0.310 e. The number of benzene rings is 1. The predicted molar refractivity (Wildman–Crippen MR) is 107 cm³/mol. The van der Waals surface area contributed by atoms with Gasteiger partial charge in [-0.05, 0) is 44.4 Å². The standard InChI is InChI=1S/C19H24ClN5O2/c1-3-27-19(26)13-5-4-8-25(10-13)18-16(21)17(22-11-23-18)24-15-9-14(20)7-6-12(15)2/h6-7,9,11,13H,3-5,8,10,21H2,1-2H3,(H,22,23,24). The molecule has 144 valence electrons. The van der Waals surface area contributed by atoms with Gasteiger partial charge in [-0.15, -0.1) is 0 Å². The number of anilines is 4. The summed E-state index contributed by atoms with van der Waals surface area (Å²) >= 11 is 6.09. The molecule has 2 heterocycles. The first-order valence-corrected chi connectivity index (χ1v) is 9.42. The molecule has 7 nitrogen and oxygen atoms in total. The number of carbonyl (C=O) groups is 1. The Hall–Kier alpha value is -2.54. The van der Waals surface area contributed by atoms with Crippen molar-refractivity contribution >= 4 is 40.6 Å². The third-order valence-electron chi connectivity index (χ3n) is 4.66. The van der Waals surface area contributed by atoms with Gasteiger partial charge in [0.15, 0.2) is 11.6 Å². The molecule has 0 amide bonds. The molecular formula is C19H24ClN5O2. The number of piperidine rings is 1. The Morgan fingerprint density at radius 3 is 3.04 bits per heavy atom. The molecule has 1 aromatic carbocycles. The van der Waals surface area contributed by atoms with Gasteiger partial charge in [0.1, 0.15) is 12.0 Å². The van der Waals surface area contributed by atoms with Crippen molar-refractivity contribution in [3.63, 3.8) is 0 Å². The molecule has 8 heteroatoms. The average Bonchev–Trinajstić information content (AvgIpc) is 2.66. The van der Waals surface area contributed by atoms with Gasteiger partial charge in [-0.2, -0.15) is 0 Å². The van der Waals surface area contributed by atoms with E-state index in [2.05, 4.69) is 15.3 Å². The lowest BCUT2D eigenvalue weighted by molar-refractivity contribution is -0.148. The van der Waals surface area contributed by atoms with Crippen LogP contribution in [0, 0.1) is 12.8 Å². The fourth-order valence-corrected chi connectivity index (χ4v) is 3.39. The van der Waals surface area contributed by atoms with Gasteiger partial charge in [-0.3, -0.25) is 4.79 Å². The lowest BCUT2D eigenvalue weighted by Crippen LogP contribution is -2.40. The largest absolute Gasteiger partial charge is 0.466 e. The molecule has 0 spiro atoms. The van der Waals surface area contributed by atoms with E-state index in [9.17, 15) is 4.79 Å². The van der Waals surface area contributed by atoms with Crippen molar-refractivity contribution in [2.45, 2.75) is 26.7 Å². The van der Waals surface area contributed by atoms with Crippen LogP contribution < -0.4 is 16.0 Å². The van der Waals surface area contributed by atoms with Crippen LogP contribution in [-0.2, 0) is 9.53 Å². The van der Waals surface area contributed by atoms with E-state index < -0.39 is 0 Å². The summed E-state index contributed by atoms with van der Waals surface area (Å²) in [6.45, 7) is 5.50. The summed E-state index contributed by atoms with van der Waals surface area (Å²) in [6.07, 6.45) is 3.16. The first-order valence-electron chi connectivity index (χ1n) is 9.04. The molecule has 1 unspecified atom stereocenters. The van der Waals surface area contributed by atoms with Gasteiger partial charge >= 0.3 is 5.97 Å². The van der Waals surface area contributed by atoms with E-state index >= 15 is 0 Å². The lowest BCUT2D eigenvalue weighted by atomic mass is 9.98. The molecule has 1 aliphatic heterocycles. The van der Waals surface area contributed by atoms with Crippen molar-refractivity contribution in [3.05, 3.63) is 35.1 Å². The third-order valence-corrected chi connectivity index (χ3v) is 4.89. The zero-order valence-electron chi connectivity index (χ0n) is 15.5. The molecule has 0 aliphatic carbocycles. The molecule has 1 atom stereocenters. The Labute approximate surface area is 163 Å². The molecule has 3 rings (SSSR count). The number of aryl methyl sites for hydroxylation is 1. The fraction of sp³-hybridized carbons (Fsp3) is 0.421. The second-order valence-corrected chi connectivity index (χ2v) is 7.02. The summed E-state index contributed by atoms with van der Waals surface area (Å²) in [6, 6.07) is 5.59. The second kappa shape index (κ2) is 8.43. The number of esters is 1. The summed E-state index contributed by atoms with van der Waals surface area (Å²) in [5, 5.41) is 3.87. The van der Waals surface area contributed by atoms with Crippen LogP contribution in [0.5, 0.6) is 0 Å². The summed E-state index contributed by atoms with van der Waals surface area (Å²) < 4.78 is 5.17. The number of nitrogens with one attached hydrogen (secondary N) is 1. The minimum Gasteiger partial charge on any atom is -0.466 e. The minimum absolute atomic E-state index is 0.164. The Morgan fingerprint density at radius 1 is 1.44 bits per heavy atom. The number of ether oxygens (including phenoxy) is 1. The maximum absolute atomic E-state index is 12.1. The highest BCUT2D eigenvalue weighted by atomic mass is 35.5. The number of hydrogen-bond acceptors (Lipinski definition) is 7. The van der Waals surface area contributed by atoms with Crippen molar-refractivity contribution in [2.24, 2.45) is 5.92 Å². The molecular weight excluding hydrogens is 366 g/mol. The number of nitrogen functional groups attached to an aromatic ring is 1. The second-order valence-electron chi connectivity index (χ2n) is 6.58. The van der Waals surface area contributed by atoms with Crippen molar-refractivity contribution in [2.75, 3.05) is 35.6 Å². The molecule has 1 aliphatic rings. The van der Waals surface area contributed by atoms with E-state index in [0.717, 1.165) is 30.6 Å². The molecule has 0 radical (unpaired) electrons. The molecule has 0 saturated carbocycles. The summed E-state index contributed by atoms with van der Waals surface area (Å²) in [5.74, 6) is 0.812. The molecule has 0 bridgehead atoms. The van der Waals surface area contributed by atoms with Crippen LogP contribution in [-0.4, -0.2) is 35.6 Å². The first kappa shape index (κ1) is 19.2. The van der Waals surface area contributed by atoms with E-state index in [1.807, 2.05) is 36.9 Å². The van der Waals surface area contributed by atoms with Gasteiger partial charge in [0, 0.05) is 23.8 Å². The van der Waals surface area contributed by atoms with Crippen LogP contribution in [0.1, 0.15) is 25.3 Å². The highest BCUT2D eigenvalue weighted by Crippen LogP contribution is 2.32. The zero-order valence-corrected chi connectivity index (χ0v) is 16.3. The van der Waals surface area contributed by atoms with E-state index in [4.69, 9.17) is 22.1 Å². The average molecular weight is 390 g/mol. The maximum atomic E-state index is 12.1. The van der Waals surface area contributed by atoms with Gasteiger partial charge in [-0.1, -0.05) is 17.7 Å². The molecule has 27 heavy (non-hydrogen) atoms. The Morgan fingerprint density at radius 2 is 2.26 bits per heavy atom. The van der Waals surface area contributed by atoms with E-state index in [-0.39, 0.29) is 11.9 Å². The Kier molecular flexibility index (Phi) is 6.01. The number of aromatic nitrogens is 2. The lowest BCUT2D eigenvalue weighted by Gasteiger charge is -2.33. The van der Waals surface area contributed by atoms with E-state index in [0.29, 0.717) is 35.5 Å². The monoisotopic (exact) mass is 389 g/mol. The molecule has 1 fully saturated rings. The third kappa shape index (κ3) is 4.42. The van der Waals surface area contributed by atoms with Crippen LogP contribution >= 0.6 is 11.6 Å². The Balaban J connectivity index is 1.82. The normalized spacial score (nSPS) is 16.9. The number of nitrogens with zero attached hydrogens (tertiary/aromatic N) is 3. The van der Waals surface area contributed by atoms with Gasteiger partial charge < -0.3 is 20.7 Å². The molecule has 1 aromatic heterocycles. The number of nitrogens with two attached hydrogens (primary N) is 1. The van der Waals surface area contributed by atoms with E-state index in [1.54, 1.807) is 0 Å². The summed E-state index contributed by atoms with van der Waals surface area (Å²) in [4.78, 5) is 22.8. The first-order chi connectivity index (χ1) is 13.0. The van der Waals surface area contributed by atoms with Gasteiger partial charge in [0.05, 0.1) is 12.5 Å². The van der Waals surface area contributed by atoms with Gasteiger partial charge in [0.2, 0.25) is 0 Å². The van der Waals surface area contributed by atoms with Crippen LogP contribution in [0.4, 0.5) is 23.0 Å². The van der Waals surface area contributed by atoms with Crippen LogP contribution in [0.2, 0.25) is 5.02 Å². The summed E-state index contributed by atoms with van der Waals surface area (Å²) in [7, 11) is 0. The topological polar surface area (TPSA) is 93.4 Å². The van der Waals surface area contributed by atoms with Crippen molar-refractivity contribution < 1.29 is 9.53 Å². The number of hydrogen-bond donors (Lipinski definition) is 2. The minimum atomic E-state index is -0.167. The SMILES string of the molecule is CCOC(=O)C1CCCN(c2ncnc(Nc3cc(Cl)ccc3C)c2N)C1. The van der Waals surface area contributed by atoms with Crippen LogP contribution in [0.3, 0.4) is 0 Å². The molecule has 2 aromatic rings. The quantitative estimate of drug-likeness (QED) is 0.755. The van der Waals surface area contributed by atoms with Gasteiger partial charge in [-0.25, -0.2) is 9.97 Å². The highest BCUT2D eigenvalue weighted by molar-refractivity contribution is 6.30. The van der Waals surface area contributed by atoms with Crippen LogP contribution in [0.15, 0.2) is 24.5 Å². The van der Waals surface area contributed by atoms with E-state index in [1.165, 1.54) is 6.33 Å². The van der Waals surface area contributed by atoms with Gasteiger partial charge in [0.25, 0.3) is 0 Å². The molecule has 1 saturated heterocycles. The number of carbonyl (C=O) groups excluding carboxylic acids is 1.